The molecule has 1 atom stereocenters. The van der Waals surface area contributed by atoms with Gasteiger partial charge < -0.3 is 10.6 Å². The predicted molar refractivity (Wildman–Crippen MR) is 86.2 cm³/mol. The molecular formula is C16H32N4. The molecule has 116 valence electrons. The summed E-state index contributed by atoms with van der Waals surface area (Å²) in [6.07, 6.45) is 8.02. The van der Waals surface area contributed by atoms with E-state index < -0.39 is 0 Å². The van der Waals surface area contributed by atoms with Crippen LogP contribution < -0.4 is 10.6 Å². The summed E-state index contributed by atoms with van der Waals surface area (Å²) in [5, 5.41) is 7.12. The summed E-state index contributed by atoms with van der Waals surface area (Å²) in [6, 6.07) is 1.25. The zero-order valence-electron chi connectivity index (χ0n) is 13.5. The van der Waals surface area contributed by atoms with E-state index in [9.17, 15) is 0 Å². The maximum absolute atomic E-state index is 4.39. The Kier molecular flexibility index (Phi) is 6.14. The van der Waals surface area contributed by atoms with Crippen LogP contribution in [0.3, 0.4) is 0 Å². The number of hydrogen-bond acceptors (Lipinski definition) is 2. The van der Waals surface area contributed by atoms with Crippen molar-refractivity contribution in [2.45, 2.75) is 64.5 Å². The molecule has 1 unspecified atom stereocenters. The van der Waals surface area contributed by atoms with Gasteiger partial charge in [-0.3, -0.25) is 9.89 Å². The van der Waals surface area contributed by atoms with E-state index in [-0.39, 0.29) is 0 Å². The monoisotopic (exact) mass is 280 g/mol. The molecule has 1 heterocycles. The Bertz CT molecular complexity index is 302. The van der Waals surface area contributed by atoms with Crippen LogP contribution in [0.1, 0.15) is 52.4 Å². The summed E-state index contributed by atoms with van der Waals surface area (Å²) in [5.41, 5.74) is 0. The highest BCUT2D eigenvalue weighted by Gasteiger charge is 2.25. The Labute approximate surface area is 124 Å². The molecule has 2 aliphatic rings. The number of nitrogens with zero attached hydrogens (tertiary/aromatic N) is 2. The second-order valence-electron chi connectivity index (χ2n) is 6.63. The largest absolute Gasteiger partial charge is 0.355 e. The van der Waals surface area contributed by atoms with Crippen LogP contribution in [0.5, 0.6) is 0 Å². The molecule has 4 nitrogen and oxygen atoms in total. The fraction of sp³-hybridized carbons (Fsp3) is 0.938. The molecule has 0 aromatic heterocycles. The van der Waals surface area contributed by atoms with Gasteiger partial charge in [0, 0.05) is 25.7 Å². The van der Waals surface area contributed by atoms with E-state index in [1.165, 1.54) is 51.6 Å². The molecule has 0 bridgehead atoms. The van der Waals surface area contributed by atoms with E-state index in [0.29, 0.717) is 18.0 Å². The fourth-order valence-electron chi connectivity index (χ4n) is 3.52. The van der Waals surface area contributed by atoms with Crippen molar-refractivity contribution in [2.24, 2.45) is 10.9 Å². The topological polar surface area (TPSA) is 39.7 Å². The van der Waals surface area contributed by atoms with E-state index in [1.54, 1.807) is 0 Å². The molecule has 0 aromatic rings. The van der Waals surface area contributed by atoms with Crippen LogP contribution in [-0.4, -0.2) is 49.6 Å². The lowest BCUT2D eigenvalue weighted by molar-refractivity contribution is 0.192. The van der Waals surface area contributed by atoms with Crippen LogP contribution in [-0.2, 0) is 0 Å². The van der Waals surface area contributed by atoms with Gasteiger partial charge in [0.05, 0.1) is 0 Å². The summed E-state index contributed by atoms with van der Waals surface area (Å²) >= 11 is 0. The molecule has 20 heavy (non-hydrogen) atoms. The smallest absolute Gasteiger partial charge is 0.191 e. The quantitative estimate of drug-likeness (QED) is 0.599. The van der Waals surface area contributed by atoms with Crippen molar-refractivity contribution in [3.05, 3.63) is 0 Å². The lowest BCUT2D eigenvalue weighted by atomic mass is 10.0. The van der Waals surface area contributed by atoms with Gasteiger partial charge in [0.25, 0.3) is 0 Å². The molecule has 1 saturated heterocycles. The fourth-order valence-corrected chi connectivity index (χ4v) is 3.52. The first-order valence-corrected chi connectivity index (χ1v) is 8.42. The third kappa shape index (κ3) is 4.37. The second-order valence-corrected chi connectivity index (χ2v) is 6.63. The lowest BCUT2D eigenvalue weighted by Gasteiger charge is -2.31. The maximum Gasteiger partial charge on any atom is 0.191 e. The Balaban J connectivity index is 1.80. The molecular weight excluding hydrogens is 248 g/mol. The van der Waals surface area contributed by atoms with E-state index in [1.807, 2.05) is 7.05 Å². The van der Waals surface area contributed by atoms with Crippen molar-refractivity contribution in [1.82, 2.24) is 15.5 Å². The summed E-state index contributed by atoms with van der Waals surface area (Å²) in [6.45, 7) is 8.19. The highest BCUT2D eigenvalue weighted by Crippen LogP contribution is 2.18. The Morgan fingerprint density at radius 1 is 1.15 bits per heavy atom. The molecule has 4 heteroatoms. The number of rotatable bonds is 5. The summed E-state index contributed by atoms with van der Waals surface area (Å²) in [5.74, 6) is 1.67. The van der Waals surface area contributed by atoms with Crippen LogP contribution in [0.25, 0.3) is 0 Å². The number of hydrogen-bond donors (Lipinski definition) is 2. The molecule has 0 amide bonds. The van der Waals surface area contributed by atoms with E-state index in [2.05, 4.69) is 34.4 Å². The molecule has 2 fully saturated rings. The van der Waals surface area contributed by atoms with Crippen molar-refractivity contribution in [1.29, 1.82) is 0 Å². The minimum absolute atomic E-state index is 0.625. The van der Waals surface area contributed by atoms with Gasteiger partial charge in [-0.05, 0) is 44.7 Å². The number of nitrogens with one attached hydrogen (secondary N) is 2. The van der Waals surface area contributed by atoms with Crippen molar-refractivity contribution < 1.29 is 0 Å². The number of guanidine groups is 1. The van der Waals surface area contributed by atoms with Crippen LogP contribution in [0, 0.1) is 5.92 Å². The lowest BCUT2D eigenvalue weighted by Crippen LogP contribution is -2.50. The third-order valence-electron chi connectivity index (χ3n) is 4.78. The average Bonchev–Trinajstić information content (AvgIpc) is 3.10. The third-order valence-corrected chi connectivity index (χ3v) is 4.78. The predicted octanol–water partition coefficient (Wildman–Crippen LogP) is 2.21. The first kappa shape index (κ1) is 15.6. The highest BCUT2D eigenvalue weighted by atomic mass is 15.2. The van der Waals surface area contributed by atoms with Gasteiger partial charge in [0.1, 0.15) is 0 Å². The Morgan fingerprint density at radius 2 is 1.80 bits per heavy atom. The van der Waals surface area contributed by atoms with Crippen LogP contribution in [0.15, 0.2) is 4.99 Å². The zero-order valence-corrected chi connectivity index (χ0v) is 13.5. The second kappa shape index (κ2) is 7.87. The van der Waals surface area contributed by atoms with Gasteiger partial charge in [-0.1, -0.05) is 26.7 Å². The van der Waals surface area contributed by atoms with Crippen LogP contribution >= 0.6 is 0 Å². The molecule has 0 spiro atoms. The van der Waals surface area contributed by atoms with E-state index in [0.717, 1.165) is 12.5 Å². The molecule has 1 aliphatic heterocycles. The SMILES string of the molecule is CN=C(NCC(C(C)C)N1CCCC1)NC1CCCC1. The molecule has 0 aromatic carbocycles. The average molecular weight is 280 g/mol. The summed E-state index contributed by atoms with van der Waals surface area (Å²) in [7, 11) is 1.88. The van der Waals surface area contributed by atoms with Gasteiger partial charge in [0.2, 0.25) is 0 Å². The molecule has 1 saturated carbocycles. The summed E-state index contributed by atoms with van der Waals surface area (Å²) in [4.78, 5) is 7.02. The first-order chi connectivity index (χ1) is 9.70. The van der Waals surface area contributed by atoms with E-state index >= 15 is 0 Å². The molecule has 2 N–H and O–H groups in total. The minimum Gasteiger partial charge on any atom is -0.355 e. The first-order valence-electron chi connectivity index (χ1n) is 8.42. The number of likely N-dealkylation sites (tertiary alicyclic amines) is 1. The zero-order chi connectivity index (χ0) is 14.4. The van der Waals surface area contributed by atoms with Crippen molar-refractivity contribution in [2.75, 3.05) is 26.7 Å². The molecule has 0 radical (unpaired) electrons. The van der Waals surface area contributed by atoms with Crippen molar-refractivity contribution in [3.63, 3.8) is 0 Å². The van der Waals surface area contributed by atoms with Crippen molar-refractivity contribution in [3.8, 4) is 0 Å². The van der Waals surface area contributed by atoms with Crippen LogP contribution in [0.2, 0.25) is 0 Å². The standard InChI is InChI=1S/C16H32N4/c1-13(2)15(20-10-6-7-11-20)12-18-16(17-3)19-14-8-4-5-9-14/h13-15H,4-12H2,1-3H3,(H2,17,18,19). The molecule has 2 rings (SSSR count). The Hall–Kier alpha value is -0.770. The van der Waals surface area contributed by atoms with Gasteiger partial charge in [-0.25, -0.2) is 0 Å². The van der Waals surface area contributed by atoms with Gasteiger partial charge >= 0.3 is 0 Å². The number of aliphatic imine (C=N–C) groups is 1. The normalized spacial score (nSPS) is 23.5. The molecule has 1 aliphatic carbocycles. The van der Waals surface area contributed by atoms with Gasteiger partial charge in [0.15, 0.2) is 5.96 Å². The van der Waals surface area contributed by atoms with Gasteiger partial charge in [-0.15, -0.1) is 0 Å². The minimum atomic E-state index is 0.625. The highest BCUT2D eigenvalue weighted by molar-refractivity contribution is 5.80. The Morgan fingerprint density at radius 3 is 2.35 bits per heavy atom. The summed E-state index contributed by atoms with van der Waals surface area (Å²) < 4.78 is 0. The van der Waals surface area contributed by atoms with Gasteiger partial charge in [-0.2, -0.15) is 0 Å². The maximum atomic E-state index is 4.39. The van der Waals surface area contributed by atoms with Crippen LogP contribution in [0.4, 0.5) is 0 Å². The van der Waals surface area contributed by atoms with Crippen molar-refractivity contribution >= 4 is 5.96 Å². The van der Waals surface area contributed by atoms with E-state index in [4.69, 9.17) is 0 Å².